The maximum Gasteiger partial charge on any atom is 0.405 e. The van der Waals surface area contributed by atoms with Crippen LogP contribution < -0.4 is 0 Å². The molecule has 0 unspecified atom stereocenters. The van der Waals surface area contributed by atoms with Crippen molar-refractivity contribution in [2.75, 3.05) is 13.1 Å². The summed E-state index contributed by atoms with van der Waals surface area (Å²) in [4.78, 5) is 1.13. The van der Waals surface area contributed by atoms with Crippen LogP contribution in [0.25, 0.3) is 0 Å². The summed E-state index contributed by atoms with van der Waals surface area (Å²) in [5, 5.41) is 7.75. The first kappa shape index (κ1) is 12.3. The van der Waals surface area contributed by atoms with E-state index in [1.54, 1.807) is 6.92 Å². The Balaban J connectivity index is 2.53. The highest BCUT2D eigenvalue weighted by molar-refractivity contribution is 5.81. The molecular formula is C10H17F3N2. The van der Waals surface area contributed by atoms with E-state index in [-0.39, 0.29) is 18.3 Å². The van der Waals surface area contributed by atoms with Gasteiger partial charge in [0, 0.05) is 12.5 Å². The van der Waals surface area contributed by atoms with Gasteiger partial charge < -0.3 is 4.90 Å². The van der Waals surface area contributed by atoms with Crippen LogP contribution in [-0.2, 0) is 0 Å². The maximum absolute atomic E-state index is 12.2. The first-order chi connectivity index (χ1) is 6.94. The van der Waals surface area contributed by atoms with Gasteiger partial charge in [0.05, 0.1) is 5.84 Å². The lowest BCUT2D eigenvalue weighted by Crippen LogP contribution is -2.41. The Bertz CT molecular complexity index is 219. The molecule has 0 amide bonds. The molecule has 2 nitrogen and oxygen atoms in total. The third kappa shape index (κ3) is 3.72. The van der Waals surface area contributed by atoms with E-state index < -0.39 is 12.7 Å². The van der Waals surface area contributed by atoms with Gasteiger partial charge in [0.25, 0.3) is 0 Å². The van der Waals surface area contributed by atoms with E-state index in [9.17, 15) is 13.2 Å². The molecule has 1 N–H and O–H groups in total. The maximum atomic E-state index is 12.2. The van der Waals surface area contributed by atoms with Crippen molar-refractivity contribution < 1.29 is 13.2 Å². The third-order valence-corrected chi connectivity index (χ3v) is 2.83. The minimum absolute atomic E-state index is 0.0484. The quantitative estimate of drug-likeness (QED) is 0.576. The smallest absolute Gasteiger partial charge is 0.351 e. The molecule has 1 aliphatic carbocycles. The van der Waals surface area contributed by atoms with Gasteiger partial charge in [0.2, 0.25) is 0 Å². The standard InChI is InChI=1S/C10H17F3N2/c1-2-15(7-10(11,12)13)9(14)8-5-3-4-6-8/h8,14H,2-7H2,1H3. The molecule has 5 heteroatoms. The summed E-state index contributed by atoms with van der Waals surface area (Å²) in [6.45, 7) is 0.933. The van der Waals surface area contributed by atoms with Crippen molar-refractivity contribution in [1.29, 1.82) is 5.41 Å². The lowest BCUT2D eigenvalue weighted by atomic mass is 10.1. The molecule has 0 spiro atoms. The predicted molar refractivity (Wildman–Crippen MR) is 53.0 cm³/mol. The molecule has 0 saturated heterocycles. The molecule has 88 valence electrons. The molecule has 0 bridgehead atoms. The molecule has 0 aromatic heterocycles. The monoisotopic (exact) mass is 222 g/mol. The van der Waals surface area contributed by atoms with Crippen molar-refractivity contribution in [3.8, 4) is 0 Å². The van der Waals surface area contributed by atoms with E-state index in [2.05, 4.69) is 0 Å². The van der Waals surface area contributed by atoms with Crippen molar-refractivity contribution in [3.05, 3.63) is 0 Å². The Hall–Kier alpha value is -0.740. The van der Waals surface area contributed by atoms with Crippen molar-refractivity contribution in [2.45, 2.75) is 38.8 Å². The summed E-state index contributed by atoms with van der Waals surface area (Å²) in [6, 6.07) is 0. The van der Waals surface area contributed by atoms with Crippen LogP contribution in [0.1, 0.15) is 32.6 Å². The van der Waals surface area contributed by atoms with Crippen LogP contribution in [-0.4, -0.2) is 30.0 Å². The average molecular weight is 222 g/mol. The lowest BCUT2D eigenvalue weighted by molar-refractivity contribution is -0.138. The second-order valence-corrected chi connectivity index (χ2v) is 4.00. The minimum Gasteiger partial charge on any atom is -0.351 e. The second kappa shape index (κ2) is 4.86. The number of alkyl halides is 3. The van der Waals surface area contributed by atoms with E-state index in [0.717, 1.165) is 30.6 Å². The fourth-order valence-corrected chi connectivity index (χ4v) is 2.04. The van der Waals surface area contributed by atoms with Crippen molar-refractivity contribution in [2.24, 2.45) is 5.92 Å². The van der Waals surface area contributed by atoms with E-state index in [0.29, 0.717) is 0 Å². The Labute approximate surface area is 88.0 Å². The molecule has 0 aromatic rings. The molecule has 1 fully saturated rings. The number of nitrogens with zero attached hydrogens (tertiary/aromatic N) is 1. The molecule has 0 radical (unpaired) electrons. The van der Waals surface area contributed by atoms with Gasteiger partial charge in [0.1, 0.15) is 6.54 Å². The fourth-order valence-electron chi connectivity index (χ4n) is 2.04. The van der Waals surface area contributed by atoms with Crippen LogP contribution in [0.15, 0.2) is 0 Å². The number of halogens is 3. The van der Waals surface area contributed by atoms with E-state index in [1.165, 1.54) is 0 Å². The summed E-state index contributed by atoms with van der Waals surface area (Å²) >= 11 is 0. The van der Waals surface area contributed by atoms with Crippen molar-refractivity contribution >= 4 is 5.84 Å². The highest BCUT2D eigenvalue weighted by Gasteiger charge is 2.33. The zero-order valence-electron chi connectivity index (χ0n) is 8.90. The first-order valence-corrected chi connectivity index (χ1v) is 5.34. The van der Waals surface area contributed by atoms with Crippen LogP contribution in [0.4, 0.5) is 13.2 Å². The summed E-state index contributed by atoms with van der Waals surface area (Å²) in [5.74, 6) is 0.222. The number of hydrogen-bond acceptors (Lipinski definition) is 1. The van der Waals surface area contributed by atoms with Crippen LogP contribution in [0.5, 0.6) is 0 Å². The molecule has 1 aliphatic rings. The number of rotatable bonds is 3. The van der Waals surface area contributed by atoms with Crippen LogP contribution in [0.3, 0.4) is 0 Å². The Morgan fingerprint density at radius 2 is 1.87 bits per heavy atom. The number of nitrogens with one attached hydrogen (secondary N) is 1. The summed E-state index contributed by atoms with van der Waals surface area (Å²) in [7, 11) is 0. The first-order valence-electron chi connectivity index (χ1n) is 5.34. The zero-order chi connectivity index (χ0) is 11.5. The molecule has 1 saturated carbocycles. The van der Waals surface area contributed by atoms with Gasteiger partial charge in [-0.1, -0.05) is 12.8 Å². The molecule has 15 heavy (non-hydrogen) atoms. The van der Waals surface area contributed by atoms with E-state index in [4.69, 9.17) is 5.41 Å². The SMILES string of the molecule is CCN(CC(F)(F)F)C(=N)C1CCCC1. The van der Waals surface area contributed by atoms with E-state index >= 15 is 0 Å². The molecule has 0 atom stereocenters. The van der Waals surface area contributed by atoms with Gasteiger partial charge in [-0.15, -0.1) is 0 Å². The Morgan fingerprint density at radius 1 is 1.33 bits per heavy atom. The van der Waals surface area contributed by atoms with Gasteiger partial charge >= 0.3 is 6.18 Å². The minimum atomic E-state index is -4.21. The highest BCUT2D eigenvalue weighted by Crippen LogP contribution is 2.28. The Morgan fingerprint density at radius 3 is 2.27 bits per heavy atom. The van der Waals surface area contributed by atoms with E-state index in [1.807, 2.05) is 0 Å². The van der Waals surface area contributed by atoms with Gasteiger partial charge in [-0.25, -0.2) is 0 Å². The van der Waals surface area contributed by atoms with Gasteiger partial charge in [-0.2, -0.15) is 13.2 Å². The largest absolute Gasteiger partial charge is 0.405 e. The zero-order valence-corrected chi connectivity index (χ0v) is 8.90. The third-order valence-electron chi connectivity index (χ3n) is 2.83. The van der Waals surface area contributed by atoms with Crippen molar-refractivity contribution in [3.63, 3.8) is 0 Å². The average Bonchev–Trinajstić information content (AvgIpc) is 2.64. The normalized spacial score (nSPS) is 18.1. The number of amidine groups is 1. The van der Waals surface area contributed by atoms with Gasteiger partial charge in [-0.3, -0.25) is 5.41 Å². The van der Waals surface area contributed by atoms with Gasteiger partial charge in [-0.05, 0) is 19.8 Å². The molecular weight excluding hydrogens is 205 g/mol. The second-order valence-electron chi connectivity index (χ2n) is 4.00. The van der Waals surface area contributed by atoms with Crippen LogP contribution in [0.2, 0.25) is 0 Å². The lowest BCUT2D eigenvalue weighted by Gasteiger charge is -2.27. The van der Waals surface area contributed by atoms with Gasteiger partial charge in [0.15, 0.2) is 0 Å². The number of hydrogen-bond donors (Lipinski definition) is 1. The van der Waals surface area contributed by atoms with Crippen LogP contribution in [0, 0.1) is 11.3 Å². The molecule has 1 rings (SSSR count). The molecule has 0 heterocycles. The fraction of sp³-hybridized carbons (Fsp3) is 0.900. The predicted octanol–water partition coefficient (Wildman–Crippen LogP) is 3.04. The molecule has 0 aromatic carbocycles. The summed E-state index contributed by atoms with van der Waals surface area (Å²) in [5.41, 5.74) is 0. The topological polar surface area (TPSA) is 27.1 Å². The Kier molecular flexibility index (Phi) is 3.99. The summed E-state index contributed by atoms with van der Waals surface area (Å²) in [6.07, 6.45) is -0.394. The molecule has 0 aliphatic heterocycles. The highest BCUT2D eigenvalue weighted by atomic mass is 19.4. The summed E-state index contributed by atoms with van der Waals surface area (Å²) < 4.78 is 36.6. The van der Waals surface area contributed by atoms with Crippen molar-refractivity contribution in [1.82, 2.24) is 4.90 Å². The van der Waals surface area contributed by atoms with Crippen LogP contribution >= 0.6 is 0 Å².